The number of hydrogen-bond acceptors (Lipinski definition) is 2. The molecule has 0 saturated heterocycles. The number of nitrogens with two attached hydrogens (primary N) is 1. The van der Waals surface area contributed by atoms with E-state index in [1.54, 1.807) is 6.07 Å². The monoisotopic (exact) mass is 299 g/mol. The minimum atomic E-state index is -0.284. The van der Waals surface area contributed by atoms with Crippen LogP contribution in [0.4, 0.5) is 5.69 Å². The summed E-state index contributed by atoms with van der Waals surface area (Å²) in [5, 5.41) is 3.65. The molecular weight excluding hydrogens is 286 g/mol. The zero-order valence-corrected chi connectivity index (χ0v) is 12.2. The molecule has 0 atom stereocenters. The lowest BCUT2D eigenvalue weighted by atomic mass is 10.1. The highest BCUT2D eigenvalue weighted by Gasteiger charge is 2.14. The molecule has 106 valence electrons. The van der Waals surface area contributed by atoms with E-state index in [0.717, 1.165) is 11.1 Å². The minimum Gasteiger partial charge on any atom is -0.392 e. The minimum absolute atomic E-state index is 0.192. The Kier molecular flexibility index (Phi) is 3.31. The molecule has 3 rings (SSSR count). The molecule has 0 aliphatic carbocycles. The topological polar surface area (TPSA) is 63.8 Å². The number of nitrogens with one attached hydrogen (secondary N) is 1. The standard InChI is InChI=1S/C16H14ClN3O/c1-10-7-8-12(9-13(10)17)20-16(21)14(18)15(19-20)11-5-3-2-4-6-11/h2-9,19H,18H2,1H3. The number of aromatic amines is 1. The lowest BCUT2D eigenvalue weighted by Crippen LogP contribution is -2.16. The second-order valence-corrected chi connectivity index (χ2v) is 5.25. The molecule has 21 heavy (non-hydrogen) atoms. The lowest BCUT2D eigenvalue weighted by molar-refractivity contribution is 0.852. The van der Waals surface area contributed by atoms with E-state index in [2.05, 4.69) is 5.10 Å². The number of nitrogen functional groups attached to an aromatic ring is 1. The van der Waals surface area contributed by atoms with Gasteiger partial charge < -0.3 is 5.73 Å². The van der Waals surface area contributed by atoms with Crippen molar-refractivity contribution in [3.8, 4) is 16.9 Å². The summed E-state index contributed by atoms with van der Waals surface area (Å²) in [4.78, 5) is 12.3. The van der Waals surface area contributed by atoms with Gasteiger partial charge in [0.15, 0.2) is 0 Å². The van der Waals surface area contributed by atoms with Gasteiger partial charge in [-0.3, -0.25) is 9.89 Å². The third-order valence-electron chi connectivity index (χ3n) is 3.40. The van der Waals surface area contributed by atoms with E-state index in [0.29, 0.717) is 16.4 Å². The van der Waals surface area contributed by atoms with Crippen LogP contribution in [0.5, 0.6) is 0 Å². The Labute approximate surface area is 126 Å². The van der Waals surface area contributed by atoms with Crippen LogP contribution in [-0.2, 0) is 0 Å². The first-order chi connectivity index (χ1) is 10.1. The molecule has 1 aromatic heterocycles. The highest BCUT2D eigenvalue weighted by molar-refractivity contribution is 6.31. The fraction of sp³-hybridized carbons (Fsp3) is 0.0625. The Hall–Kier alpha value is -2.46. The third kappa shape index (κ3) is 2.34. The molecule has 0 spiro atoms. The number of hydrogen-bond donors (Lipinski definition) is 2. The van der Waals surface area contributed by atoms with Gasteiger partial charge in [0.25, 0.3) is 5.56 Å². The van der Waals surface area contributed by atoms with Crippen LogP contribution in [0.15, 0.2) is 53.3 Å². The summed E-state index contributed by atoms with van der Waals surface area (Å²) >= 11 is 6.12. The average Bonchev–Trinajstić information content (AvgIpc) is 2.79. The van der Waals surface area contributed by atoms with Crippen LogP contribution in [0.25, 0.3) is 16.9 Å². The zero-order chi connectivity index (χ0) is 15.0. The summed E-state index contributed by atoms with van der Waals surface area (Å²) in [6, 6.07) is 14.9. The number of aromatic nitrogens is 2. The predicted octanol–water partition coefficient (Wildman–Crippen LogP) is 3.38. The second kappa shape index (κ2) is 5.14. The van der Waals surface area contributed by atoms with Crippen molar-refractivity contribution in [2.45, 2.75) is 6.92 Å². The first-order valence-electron chi connectivity index (χ1n) is 6.50. The fourth-order valence-corrected chi connectivity index (χ4v) is 2.35. The fourth-order valence-electron chi connectivity index (χ4n) is 2.18. The first-order valence-corrected chi connectivity index (χ1v) is 6.88. The van der Waals surface area contributed by atoms with Gasteiger partial charge in [-0.15, -0.1) is 0 Å². The molecule has 2 aromatic carbocycles. The van der Waals surface area contributed by atoms with Gasteiger partial charge in [-0.1, -0.05) is 48.0 Å². The number of halogens is 1. The van der Waals surface area contributed by atoms with E-state index >= 15 is 0 Å². The van der Waals surface area contributed by atoms with Crippen molar-refractivity contribution in [2.75, 3.05) is 5.73 Å². The Morgan fingerprint density at radius 1 is 1.14 bits per heavy atom. The number of nitrogens with zero attached hydrogens (tertiary/aromatic N) is 1. The number of anilines is 1. The Balaban J connectivity index is 2.17. The molecule has 0 saturated carbocycles. The average molecular weight is 300 g/mol. The predicted molar refractivity (Wildman–Crippen MR) is 86.0 cm³/mol. The maximum Gasteiger partial charge on any atom is 0.295 e. The summed E-state index contributed by atoms with van der Waals surface area (Å²) in [5.74, 6) is 0. The largest absolute Gasteiger partial charge is 0.392 e. The van der Waals surface area contributed by atoms with Crippen LogP contribution < -0.4 is 11.3 Å². The van der Waals surface area contributed by atoms with Gasteiger partial charge in [0.1, 0.15) is 5.69 Å². The van der Waals surface area contributed by atoms with E-state index in [4.69, 9.17) is 17.3 Å². The molecular formula is C16H14ClN3O. The Morgan fingerprint density at radius 2 is 1.86 bits per heavy atom. The highest BCUT2D eigenvalue weighted by atomic mass is 35.5. The molecule has 5 heteroatoms. The molecule has 0 fully saturated rings. The number of H-pyrrole nitrogens is 1. The molecule has 3 aromatic rings. The van der Waals surface area contributed by atoms with Crippen molar-refractivity contribution >= 4 is 17.3 Å². The number of rotatable bonds is 2. The van der Waals surface area contributed by atoms with E-state index in [9.17, 15) is 4.79 Å². The van der Waals surface area contributed by atoms with E-state index in [-0.39, 0.29) is 11.2 Å². The van der Waals surface area contributed by atoms with Gasteiger partial charge in [-0.05, 0) is 24.6 Å². The number of aryl methyl sites for hydroxylation is 1. The summed E-state index contributed by atoms with van der Waals surface area (Å²) in [5.41, 5.74) is 8.94. The molecule has 0 aliphatic heterocycles. The summed E-state index contributed by atoms with van der Waals surface area (Å²) < 4.78 is 1.41. The van der Waals surface area contributed by atoms with Gasteiger partial charge in [-0.25, -0.2) is 4.68 Å². The van der Waals surface area contributed by atoms with Crippen molar-refractivity contribution in [1.82, 2.24) is 9.78 Å². The molecule has 0 radical (unpaired) electrons. The molecule has 0 unspecified atom stereocenters. The van der Waals surface area contributed by atoms with Crippen LogP contribution in [-0.4, -0.2) is 9.78 Å². The molecule has 4 nitrogen and oxygen atoms in total. The van der Waals surface area contributed by atoms with Crippen LogP contribution >= 0.6 is 11.6 Å². The summed E-state index contributed by atoms with van der Waals surface area (Å²) in [6.45, 7) is 1.91. The van der Waals surface area contributed by atoms with E-state index in [1.165, 1.54) is 4.68 Å². The zero-order valence-electron chi connectivity index (χ0n) is 11.4. The Morgan fingerprint density at radius 3 is 2.52 bits per heavy atom. The second-order valence-electron chi connectivity index (χ2n) is 4.84. The molecule has 0 bridgehead atoms. The maximum atomic E-state index is 12.3. The van der Waals surface area contributed by atoms with Crippen molar-refractivity contribution in [3.05, 3.63) is 69.5 Å². The van der Waals surface area contributed by atoms with Crippen molar-refractivity contribution in [1.29, 1.82) is 0 Å². The van der Waals surface area contributed by atoms with Gasteiger partial charge in [0.05, 0.1) is 11.4 Å². The Bertz CT molecular complexity index is 850. The number of benzene rings is 2. The molecule has 0 amide bonds. The molecule has 1 heterocycles. The maximum absolute atomic E-state index is 12.3. The smallest absolute Gasteiger partial charge is 0.295 e. The summed E-state index contributed by atoms with van der Waals surface area (Å²) in [6.07, 6.45) is 0. The quantitative estimate of drug-likeness (QED) is 0.762. The van der Waals surface area contributed by atoms with Gasteiger partial charge in [0, 0.05) is 10.6 Å². The van der Waals surface area contributed by atoms with Crippen LogP contribution in [0.1, 0.15) is 5.56 Å². The van der Waals surface area contributed by atoms with Crippen molar-refractivity contribution < 1.29 is 0 Å². The van der Waals surface area contributed by atoms with Gasteiger partial charge in [0.2, 0.25) is 0 Å². The lowest BCUT2D eigenvalue weighted by Gasteiger charge is -2.04. The molecule has 0 aliphatic rings. The van der Waals surface area contributed by atoms with E-state index in [1.807, 2.05) is 49.4 Å². The van der Waals surface area contributed by atoms with Crippen LogP contribution in [0.2, 0.25) is 5.02 Å². The summed E-state index contributed by atoms with van der Waals surface area (Å²) in [7, 11) is 0. The van der Waals surface area contributed by atoms with Crippen molar-refractivity contribution in [2.24, 2.45) is 0 Å². The van der Waals surface area contributed by atoms with Crippen LogP contribution in [0, 0.1) is 6.92 Å². The normalized spacial score (nSPS) is 10.8. The van der Waals surface area contributed by atoms with Crippen molar-refractivity contribution in [3.63, 3.8) is 0 Å². The highest BCUT2D eigenvalue weighted by Crippen LogP contribution is 2.23. The molecule has 3 N–H and O–H groups in total. The van der Waals surface area contributed by atoms with Gasteiger partial charge in [-0.2, -0.15) is 0 Å². The SMILES string of the molecule is Cc1ccc(-n2[nH]c(-c3ccccc3)c(N)c2=O)cc1Cl. The van der Waals surface area contributed by atoms with Crippen LogP contribution in [0.3, 0.4) is 0 Å². The van der Waals surface area contributed by atoms with E-state index < -0.39 is 0 Å². The third-order valence-corrected chi connectivity index (χ3v) is 3.81. The first kappa shape index (κ1) is 13.5. The van der Waals surface area contributed by atoms with Gasteiger partial charge >= 0.3 is 0 Å².